The maximum absolute atomic E-state index is 13.0. The molecule has 0 unspecified atom stereocenters. The lowest BCUT2D eigenvalue weighted by molar-refractivity contribution is -0.118. The topological polar surface area (TPSA) is 60.9 Å². The standard InChI is InChI=1S/C10H9ClFN3O/c11-4-10-14-7-3-6(12)1-2-8(7)15(10)5-9(13)16/h1-3H,4-5H2,(H2,13,16). The first-order chi connectivity index (χ1) is 7.61. The van der Waals surface area contributed by atoms with Crippen LogP contribution in [0.5, 0.6) is 0 Å². The van der Waals surface area contributed by atoms with Crippen molar-refractivity contribution in [1.82, 2.24) is 9.55 Å². The van der Waals surface area contributed by atoms with E-state index in [1.165, 1.54) is 12.1 Å². The van der Waals surface area contributed by atoms with Crippen LogP contribution in [0, 0.1) is 5.82 Å². The van der Waals surface area contributed by atoms with Gasteiger partial charge in [-0.25, -0.2) is 9.37 Å². The third-order valence-electron chi connectivity index (χ3n) is 2.22. The van der Waals surface area contributed by atoms with Gasteiger partial charge in [-0.3, -0.25) is 4.79 Å². The quantitative estimate of drug-likeness (QED) is 0.826. The van der Waals surface area contributed by atoms with Crippen LogP contribution >= 0.6 is 11.6 Å². The van der Waals surface area contributed by atoms with Crippen molar-refractivity contribution >= 4 is 28.5 Å². The van der Waals surface area contributed by atoms with Crippen LogP contribution in [0.15, 0.2) is 18.2 Å². The molecule has 0 bridgehead atoms. The van der Waals surface area contributed by atoms with Crippen LogP contribution in [0.3, 0.4) is 0 Å². The Morgan fingerprint density at radius 1 is 1.56 bits per heavy atom. The van der Waals surface area contributed by atoms with Gasteiger partial charge in [0.2, 0.25) is 5.91 Å². The molecule has 4 nitrogen and oxygen atoms in total. The summed E-state index contributed by atoms with van der Waals surface area (Å²) in [5.41, 5.74) is 6.24. The van der Waals surface area contributed by atoms with Gasteiger partial charge < -0.3 is 10.3 Å². The molecule has 1 aromatic carbocycles. The van der Waals surface area contributed by atoms with Gasteiger partial charge in [-0.1, -0.05) is 0 Å². The van der Waals surface area contributed by atoms with Crippen molar-refractivity contribution in [2.45, 2.75) is 12.4 Å². The summed E-state index contributed by atoms with van der Waals surface area (Å²) in [5, 5.41) is 0. The van der Waals surface area contributed by atoms with E-state index < -0.39 is 5.91 Å². The van der Waals surface area contributed by atoms with Crippen molar-refractivity contribution in [2.75, 3.05) is 0 Å². The molecule has 2 N–H and O–H groups in total. The Balaban J connectivity index is 2.63. The first kappa shape index (κ1) is 10.9. The average Bonchev–Trinajstić information content (AvgIpc) is 2.55. The molecule has 0 aliphatic carbocycles. The molecule has 0 atom stereocenters. The molecule has 6 heteroatoms. The van der Waals surface area contributed by atoms with Gasteiger partial charge in [0.1, 0.15) is 18.2 Å². The summed E-state index contributed by atoms with van der Waals surface area (Å²) in [6, 6.07) is 4.15. The summed E-state index contributed by atoms with van der Waals surface area (Å²) in [4.78, 5) is 15.0. The number of carbonyl (C=O) groups is 1. The van der Waals surface area contributed by atoms with Crippen LogP contribution in [0.2, 0.25) is 0 Å². The van der Waals surface area contributed by atoms with Gasteiger partial charge in [0.05, 0.1) is 16.9 Å². The highest BCUT2D eigenvalue weighted by molar-refractivity contribution is 6.16. The van der Waals surface area contributed by atoms with Gasteiger partial charge in [0.25, 0.3) is 0 Å². The summed E-state index contributed by atoms with van der Waals surface area (Å²) in [6.45, 7) is -0.00974. The van der Waals surface area contributed by atoms with Gasteiger partial charge >= 0.3 is 0 Å². The molecule has 0 aliphatic heterocycles. The molecule has 1 amide bonds. The molecular formula is C10H9ClFN3O. The van der Waals surface area contributed by atoms with Crippen LogP contribution in [0.4, 0.5) is 4.39 Å². The fourth-order valence-corrected chi connectivity index (χ4v) is 1.79. The first-order valence-electron chi connectivity index (χ1n) is 4.60. The minimum atomic E-state index is -0.491. The Kier molecular flexibility index (Phi) is 2.78. The Bertz CT molecular complexity index is 552. The number of rotatable bonds is 3. The van der Waals surface area contributed by atoms with E-state index in [1.54, 1.807) is 10.6 Å². The van der Waals surface area contributed by atoms with Crippen LogP contribution < -0.4 is 5.73 Å². The van der Waals surface area contributed by atoms with E-state index in [1.807, 2.05) is 0 Å². The second-order valence-electron chi connectivity index (χ2n) is 3.35. The third-order valence-corrected chi connectivity index (χ3v) is 2.46. The molecule has 2 aromatic rings. The van der Waals surface area contributed by atoms with Crippen molar-refractivity contribution in [3.05, 3.63) is 29.8 Å². The van der Waals surface area contributed by atoms with E-state index in [-0.39, 0.29) is 18.2 Å². The predicted octanol–water partition coefficient (Wildman–Crippen LogP) is 1.40. The van der Waals surface area contributed by atoms with Gasteiger partial charge in [0.15, 0.2) is 0 Å². The molecule has 2 rings (SSSR count). The second kappa shape index (κ2) is 4.09. The van der Waals surface area contributed by atoms with Gasteiger partial charge in [-0.15, -0.1) is 11.6 Å². The second-order valence-corrected chi connectivity index (χ2v) is 3.61. The molecule has 1 heterocycles. The lowest BCUT2D eigenvalue weighted by atomic mass is 10.3. The van der Waals surface area contributed by atoms with Gasteiger partial charge in [-0.2, -0.15) is 0 Å². The van der Waals surface area contributed by atoms with Crippen LogP contribution in [0.25, 0.3) is 11.0 Å². The number of imidazole rings is 1. The normalized spacial score (nSPS) is 10.9. The molecule has 0 fully saturated rings. The number of nitrogens with zero attached hydrogens (tertiary/aromatic N) is 2. The molecule has 84 valence electrons. The molecular weight excluding hydrogens is 233 g/mol. The Morgan fingerprint density at radius 2 is 2.31 bits per heavy atom. The zero-order chi connectivity index (χ0) is 11.7. The molecule has 0 radical (unpaired) electrons. The van der Waals surface area contributed by atoms with Crippen molar-refractivity contribution in [3.8, 4) is 0 Å². The highest BCUT2D eigenvalue weighted by Gasteiger charge is 2.11. The fourth-order valence-electron chi connectivity index (χ4n) is 1.59. The Hall–Kier alpha value is -1.62. The number of nitrogens with two attached hydrogens (primary N) is 1. The summed E-state index contributed by atoms with van der Waals surface area (Å²) >= 11 is 5.70. The number of aromatic nitrogens is 2. The van der Waals surface area contributed by atoms with Crippen LogP contribution in [0.1, 0.15) is 5.82 Å². The molecule has 1 aromatic heterocycles. The average molecular weight is 242 g/mol. The lowest BCUT2D eigenvalue weighted by Crippen LogP contribution is -2.19. The van der Waals surface area contributed by atoms with Crippen LogP contribution in [-0.2, 0) is 17.2 Å². The summed E-state index contributed by atoms with van der Waals surface area (Å²) in [5.74, 6) is -0.225. The number of amides is 1. The molecule has 0 aliphatic rings. The van der Waals surface area contributed by atoms with E-state index in [2.05, 4.69) is 4.98 Å². The zero-order valence-electron chi connectivity index (χ0n) is 8.28. The zero-order valence-corrected chi connectivity index (χ0v) is 9.04. The minimum absolute atomic E-state index is 0.00974. The van der Waals surface area contributed by atoms with E-state index in [4.69, 9.17) is 17.3 Å². The van der Waals surface area contributed by atoms with Gasteiger partial charge in [-0.05, 0) is 12.1 Å². The SMILES string of the molecule is NC(=O)Cn1c(CCl)nc2cc(F)ccc21. The van der Waals surface area contributed by atoms with Crippen LogP contribution in [-0.4, -0.2) is 15.5 Å². The monoisotopic (exact) mass is 241 g/mol. The molecule has 0 spiro atoms. The third kappa shape index (κ3) is 1.86. The fraction of sp³-hybridized carbons (Fsp3) is 0.200. The number of carbonyl (C=O) groups excluding carboxylic acids is 1. The molecule has 0 saturated carbocycles. The van der Waals surface area contributed by atoms with E-state index in [0.717, 1.165) is 0 Å². The summed E-state index contributed by atoms with van der Waals surface area (Å²) < 4.78 is 14.6. The Labute approximate surface area is 95.8 Å². The largest absolute Gasteiger partial charge is 0.368 e. The van der Waals surface area contributed by atoms with Crippen molar-refractivity contribution in [3.63, 3.8) is 0 Å². The number of primary amides is 1. The number of halogens is 2. The number of fused-ring (bicyclic) bond motifs is 1. The smallest absolute Gasteiger partial charge is 0.237 e. The number of alkyl halides is 1. The molecule has 0 saturated heterocycles. The highest BCUT2D eigenvalue weighted by Crippen LogP contribution is 2.18. The van der Waals surface area contributed by atoms with E-state index in [9.17, 15) is 9.18 Å². The Morgan fingerprint density at radius 3 is 2.94 bits per heavy atom. The summed E-state index contributed by atoms with van der Waals surface area (Å²) in [7, 11) is 0. The van der Waals surface area contributed by atoms with Crippen molar-refractivity contribution < 1.29 is 9.18 Å². The molecule has 16 heavy (non-hydrogen) atoms. The first-order valence-corrected chi connectivity index (χ1v) is 5.14. The minimum Gasteiger partial charge on any atom is -0.368 e. The maximum Gasteiger partial charge on any atom is 0.237 e. The van der Waals surface area contributed by atoms with E-state index in [0.29, 0.717) is 16.9 Å². The number of benzene rings is 1. The number of hydrogen-bond acceptors (Lipinski definition) is 2. The van der Waals surface area contributed by atoms with Crippen molar-refractivity contribution in [1.29, 1.82) is 0 Å². The van der Waals surface area contributed by atoms with Gasteiger partial charge in [0, 0.05) is 6.07 Å². The maximum atomic E-state index is 13.0. The highest BCUT2D eigenvalue weighted by atomic mass is 35.5. The number of hydrogen-bond donors (Lipinski definition) is 1. The van der Waals surface area contributed by atoms with Crippen molar-refractivity contribution in [2.24, 2.45) is 5.73 Å². The van der Waals surface area contributed by atoms with E-state index >= 15 is 0 Å². The lowest BCUT2D eigenvalue weighted by Gasteiger charge is -2.03. The predicted molar refractivity (Wildman–Crippen MR) is 58.4 cm³/mol. The summed E-state index contributed by atoms with van der Waals surface area (Å²) in [6.07, 6.45) is 0.